The third-order valence-corrected chi connectivity index (χ3v) is 4.16. The molecule has 0 radical (unpaired) electrons. The third-order valence-electron chi connectivity index (χ3n) is 2.48. The van der Waals surface area contributed by atoms with E-state index in [1.54, 1.807) is 0 Å². The molecule has 1 heterocycles. The molecule has 0 bridgehead atoms. The summed E-state index contributed by atoms with van der Waals surface area (Å²) in [7, 11) is -1.64. The lowest BCUT2D eigenvalue weighted by molar-refractivity contribution is 0.115. The van der Waals surface area contributed by atoms with Gasteiger partial charge in [0, 0.05) is 19.3 Å². The van der Waals surface area contributed by atoms with Crippen LogP contribution in [0.3, 0.4) is 0 Å². The van der Waals surface area contributed by atoms with Crippen molar-refractivity contribution in [1.29, 1.82) is 0 Å². The molecule has 1 rings (SSSR count). The van der Waals surface area contributed by atoms with Gasteiger partial charge in [0.15, 0.2) is 0 Å². The number of amides is 1. The number of methoxy groups -OCH3 is 1. The van der Waals surface area contributed by atoms with E-state index in [1.807, 2.05) is 0 Å². The zero-order valence-electron chi connectivity index (χ0n) is 8.39. The van der Waals surface area contributed by atoms with Gasteiger partial charge in [-0.1, -0.05) is 0 Å². The quantitative estimate of drug-likeness (QED) is 0.637. The summed E-state index contributed by atoms with van der Waals surface area (Å²) in [6, 6.07) is 0. The van der Waals surface area contributed by atoms with Gasteiger partial charge in [0.1, 0.15) is 9.84 Å². The van der Waals surface area contributed by atoms with Crippen LogP contribution < -0.4 is 0 Å². The van der Waals surface area contributed by atoms with Crippen LogP contribution in [-0.4, -0.2) is 51.1 Å². The molecule has 0 aliphatic carbocycles. The van der Waals surface area contributed by atoms with E-state index < -0.39 is 9.84 Å². The van der Waals surface area contributed by atoms with Crippen LogP contribution in [0.1, 0.15) is 12.8 Å². The normalized spacial score (nSPS) is 19.4. The highest BCUT2D eigenvalue weighted by Crippen LogP contribution is 2.17. The van der Waals surface area contributed by atoms with Crippen LogP contribution >= 0.6 is 0 Å². The molecule has 1 fully saturated rings. The molecule has 0 unspecified atom stereocenters. The molecule has 0 atom stereocenters. The average molecular weight is 221 g/mol. The molecule has 1 amide bonds. The lowest BCUT2D eigenvalue weighted by Gasteiger charge is -2.29. The van der Waals surface area contributed by atoms with E-state index in [-0.39, 0.29) is 11.3 Å². The van der Waals surface area contributed by atoms with Gasteiger partial charge < -0.3 is 9.64 Å². The molecule has 14 heavy (non-hydrogen) atoms. The van der Waals surface area contributed by atoms with Gasteiger partial charge in [0.05, 0.1) is 12.4 Å². The Morgan fingerprint density at radius 2 is 1.86 bits per heavy atom. The van der Waals surface area contributed by atoms with Gasteiger partial charge in [-0.05, 0) is 12.8 Å². The fourth-order valence-electron chi connectivity index (χ4n) is 1.60. The molecule has 1 saturated heterocycles. The zero-order valence-corrected chi connectivity index (χ0v) is 9.21. The molecule has 0 aromatic rings. The summed E-state index contributed by atoms with van der Waals surface area (Å²) in [6.07, 6.45) is 1.88. The van der Waals surface area contributed by atoms with Crippen LogP contribution in [0.4, 0.5) is 4.79 Å². The zero-order chi connectivity index (χ0) is 10.8. The summed E-state index contributed by atoms with van der Waals surface area (Å²) < 4.78 is 26.9. The minimum atomic E-state index is -2.96. The molecule has 1 aliphatic heterocycles. The Morgan fingerprint density at radius 3 is 2.21 bits per heavy atom. The summed E-state index contributed by atoms with van der Waals surface area (Å²) in [5, 5.41) is -0.302. The molecule has 0 N–H and O–H groups in total. The van der Waals surface area contributed by atoms with E-state index in [4.69, 9.17) is 0 Å². The van der Waals surface area contributed by atoms with Crippen LogP contribution in [0.5, 0.6) is 0 Å². The Labute approximate surface area is 83.9 Å². The second-order valence-electron chi connectivity index (χ2n) is 3.49. The second kappa shape index (κ2) is 4.16. The molecular weight excluding hydrogens is 206 g/mol. The highest BCUT2D eigenvalue weighted by atomic mass is 32.2. The molecule has 82 valence electrons. The van der Waals surface area contributed by atoms with Crippen molar-refractivity contribution in [3.8, 4) is 0 Å². The largest absolute Gasteiger partial charge is 0.453 e. The summed E-state index contributed by atoms with van der Waals surface area (Å²) in [5.41, 5.74) is 0. The monoisotopic (exact) mass is 221 g/mol. The molecule has 0 aromatic heterocycles. The summed E-state index contributed by atoms with van der Waals surface area (Å²) in [4.78, 5) is 12.6. The second-order valence-corrected chi connectivity index (χ2v) is 5.81. The summed E-state index contributed by atoms with van der Waals surface area (Å²) in [5.74, 6) is 0. The van der Waals surface area contributed by atoms with E-state index in [1.165, 1.54) is 18.3 Å². The van der Waals surface area contributed by atoms with Crippen LogP contribution in [-0.2, 0) is 14.6 Å². The molecule has 0 aromatic carbocycles. The van der Waals surface area contributed by atoms with Crippen molar-refractivity contribution in [2.75, 3.05) is 26.5 Å². The first kappa shape index (κ1) is 11.3. The predicted octanol–water partition coefficient (Wildman–Crippen LogP) is 0.262. The highest BCUT2D eigenvalue weighted by Gasteiger charge is 2.28. The van der Waals surface area contributed by atoms with Crippen molar-refractivity contribution in [3.63, 3.8) is 0 Å². The molecule has 5 nitrogen and oxygen atoms in total. The number of ether oxygens (including phenoxy) is 1. The number of nitrogens with zero attached hydrogens (tertiary/aromatic N) is 1. The first-order chi connectivity index (χ1) is 6.45. The Kier molecular flexibility index (Phi) is 3.36. The van der Waals surface area contributed by atoms with Crippen molar-refractivity contribution < 1.29 is 17.9 Å². The fourth-order valence-corrected chi connectivity index (χ4v) is 2.66. The molecular formula is C8H15NO4S. The number of hydrogen-bond acceptors (Lipinski definition) is 4. The van der Waals surface area contributed by atoms with Crippen molar-refractivity contribution in [3.05, 3.63) is 0 Å². The van der Waals surface area contributed by atoms with Gasteiger partial charge in [-0.15, -0.1) is 0 Å². The van der Waals surface area contributed by atoms with E-state index in [0.717, 1.165) is 0 Å². The minimum Gasteiger partial charge on any atom is -0.453 e. The topological polar surface area (TPSA) is 63.7 Å². The number of carbonyl (C=O) groups is 1. The maximum atomic E-state index is 11.2. The van der Waals surface area contributed by atoms with Crippen molar-refractivity contribution in [2.45, 2.75) is 18.1 Å². The molecule has 6 heteroatoms. The van der Waals surface area contributed by atoms with E-state index in [9.17, 15) is 13.2 Å². The lowest BCUT2D eigenvalue weighted by atomic mass is 10.1. The SMILES string of the molecule is COC(=O)N1CCC(S(C)(=O)=O)CC1. The lowest BCUT2D eigenvalue weighted by Crippen LogP contribution is -2.42. The number of carbonyl (C=O) groups excluding carboxylic acids is 1. The molecule has 0 saturated carbocycles. The van der Waals surface area contributed by atoms with Gasteiger partial charge in [-0.2, -0.15) is 0 Å². The third kappa shape index (κ3) is 2.60. The summed E-state index contributed by atoms with van der Waals surface area (Å²) >= 11 is 0. The Hall–Kier alpha value is -0.780. The maximum absolute atomic E-state index is 11.2. The standard InChI is InChI=1S/C8H15NO4S/c1-13-8(10)9-5-3-7(4-6-9)14(2,11)12/h7H,3-6H2,1-2H3. The van der Waals surface area contributed by atoms with Gasteiger partial charge in [-0.25, -0.2) is 13.2 Å². The van der Waals surface area contributed by atoms with Crippen LogP contribution in [0.2, 0.25) is 0 Å². The Morgan fingerprint density at radius 1 is 1.36 bits per heavy atom. The maximum Gasteiger partial charge on any atom is 0.409 e. The van der Waals surface area contributed by atoms with Crippen molar-refractivity contribution >= 4 is 15.9 Å². The van der Waals surface area contributed by atoms with Crippen molar-refractivity contribution in [1.82, 2.24) is 4.90 Å². The van der Waals surface area contributed by atoms with Crippen LogP contribution in [0.25, 0.3) is 0 Å². The fraction of sp³-hybridized carbons (Fsp3) is 0.875. The number of rotatable bonds is 1. The molecule has 1 aliphatic rings. The number of piperidine rings is 1. The first-order valence-electron chi connectivity index (χ1n) is 4.47. The first-order valence-corrected chi connectivity index (χ1v) is 6.42. The van der Waals surface area contributed by atoms with E-state index >= 15 is 0 Å². The number of sulfone groups is 1. The van der Waals surface area contributed by atoms with E-state index in [2.05, 4.69) is 4.74 Å². The van der Waals surface area contributed by atoms with Gasteiger partial charge in [-0.3, -0.25) is 0 Å². The van der Waals surface area contributed by atoms with Gasteiger partial charge in [0.25, 0.3) is 0 Å². The smallest absolute Gasteiger partial charge is 0.409 e. The Bertz CT molecular complexity index is 303. The number of hydrogen-bond donors (Lipinski definition) is 0. The van der Waals surface area contributed by atoms with Crippen LogP contribution in [0.15, 0.2) is 0 Å². The minimum absolute atomic E-state index is 0.302. The highest BCUT2D eigenvalue weighted by molar-refractivity contribution is 7.91. The average Bonchev–Trinajstić information content (AvgIpc) is 2.15. The van der Waals surface area contributed by atoms with E-state index in [0.29, 0.717) is 25.9 Å². The summed E-state index contributed by atoms with van der Waals surface area (Å²) in [6.45, 7) is 0.925. The molecule has 0 spiro atoms. The Balaban J connectivity index is 2.51. The van der Waals surface area contributed by atoms with Gasteiger partial charge in [0.2, 0.25) is 0 Å². The van der Waals surface area contributed by atoms with Gasteiger partial charge >= 0.3 is 6.09 Å². The van der Waals surface area contributed by atoms with Crippen LogP contribution in [0, 0.1) is 0 Å². The number of likely N-dealkylation sites (tertiary alicyclic amines) is 1. The predicted molar refractivity (Wildman–Crippen MR) is 51.8 cm³/mol. The van der Waals surface area contributed by atoms with Crippen molar-refractivity contribution in [2.24, 2.45) is 0 Å².